The monoisotopic (exact) mass is 670 g/mol. The minimum atomic E-state index is -5.70. The van der Waals surface area contributed by atoms with Gasteiger partial charge in [-0.05, 0) is 36.9 Å². The van der Waals surface area contributed by atoms with Crippen LogP contribution in [0.5, 0.6) is 5.88 Å². The Labute approximate surface area is 228 Å². The first-order chi connectivity index (χ1) is 17.4. The van der Waals surface area contributed by atoms with Gasteiger partial charge in [0.1, 0.15) is 0 Å². The Bertz CT molecular complexity index is 1300. The van der Waals surface area contributed by atoms with Gasteiger partial charge in [0.2, 0.25) is 12.2 Å². The van der Waals surface area contributed by atoms with E-state index in [9.17, 15) is 26.4 Å². The molecule has 0 atom stereocenters. The number of nitrogens with zero attached hydrogens (tertiary/aromatic N) is 1. The van der Waals surface area contributed by atoms with E-state index in [0.717, 1.165) is 16.1 Å². The minimum absolute atomic E-state index is 0.255. The van der Waals surface area contributed by atoms with Crippen molar-refractivity contribution in [3.63, 3.8) is 0 Å². The second-order valence-electron chi connectivity index (χ2n) is 7.02. The first kappa shape index (κ1) is 31.0. The number of benzene rings is 2. The van der Waals surface area contributed by atoms with Crippen molar-refractivity contribution in [2.45, 2.75) is 32.2 Å². The van der Waals surface area contributed by atoms with Crippen molar-refractivity contribution in [1.82, 2.24) is 10.3 Å². The number of rotatable bonds is 9. The highest BCUT2D eigenvalue weighted by molar-refractivity contribution is 9.11. The van der Waals surface area contributed by atoms with Gasteiger partial charge in [-0.1, -0.05) is 62.2 Å². The number of fused-ring (bicyclic) bond motifs is 1. The number of carbonyl (C=O) groups is 1. The molecule has 8 nitrogen and oxygen atoms in total. The van der Waals surface area contributed by atoms with Gasteiger partial charge in [0.25, 0.3) is 5.91 Å². The number of halogens is 5. The first-order valence-corrected chi connectivity index (χ1v) is 13.7. The summed E-state index contributed by atoms with van der Waals surface area (Å²) in [6.07, 6.45) is 0.392. The van der Waals surface area contributed by atoms with Crippen molar-refractivity contribution in [2.75, 3.05) is 13.2 Å². The zero-order valence-electron chi connectivity index (χ0n) is 19.6. The molecule has 0 aliphatic heterocycles. The van der Waals surface area contributed by atoms with Crippen molar-refractivity contribution in [1.29, 1.82) is 0 Å². The number of hydrogen-bond acceptors (Lipinski definition) is 7. The molecule has 1 N–H and O–H groups in total. The Morgan fingerprint density at radius 3 is 2.24 bits per heavy atom. The molecule has 37 heavy (non-hydrogen) atoms. The molecule has 0 unspecified atom stereocenters. The molecular weight excluding hydrogens is 649 g/mol. The van der Waals surface area contributed by atoms with Gasteiger partial charge in [-0.3, -0.25) is 4.79 Å². The van der Waals surface area contributed by atoms with E-state index in [2.05, 4.69) is 46.3 Å². The van der Waals surface area contributed by atoms with E-state index < -0.39 is 27.8 Å². The van der Waals surface area contributed by atoms with Gasteiger partial charge in [-0.15, -0.1) is 0 Å². The number of nitrogens with one attached hydrogen (secondary N) is 1. The van der Waals surface area contributed by atoms with E-state index in [1.807, 2.05) is 38.1 Å². The molecule has 0 bridgehead atoms. The zero-order valence-corrected chi connectivity index (χ0v) is 23.6. The SMILES string of the molecule is CCOC(OCC)C(=O)NCc1ccccc1Br.O=S(=O)(Oc1cc2cccc(Br)c2cn1)C(F)(F)F. The molecule has 1 aromatic heterocycles. The summed E-state index contributed by atoms with van der Waals surface area (Å²) in [5, 5.41) is 3.91. The van der Waals surface area contributed by atoms with Gasteiger partial charge < -0.3 is 19.0 Å². The van der Waals surface area contributed by atoms with E-state index >= 15 is 0 Å². The Kier molecular flexibility index (Phi) is 11.8. The summed E-state index contributed by atoms with van der Waals surface area (Å²) >= 11 is 6.67. The molecule has 0 fully saturated rings. The molecule has 3 aromatic rings. The van der Waals surface area contributed by atoms with Crippen LogP contribution >= 0.6 is 31.9 Å². The standard InChI is InChI=1S/C13H18BrNO3.C10H5BrF3NO3S/c1-3-17-13(18-4-2)12(16)15-9-10-7-5-6-8-11(10)14;11-8-3-1-2-6-4-9(15-5-7(6)8)18-19(16,17)10(12,13)14/h5-8,13H,3-4,9H2,1-2H3,(H,15,16);1-5H. The van der Waals surface area contributed by atoms with Gasteiger partial charge in [0.05, 0.1) is 0 Å². The lowest BCUT2D eigenvalue weighted by Crippen LogP contribution is -2.38. The fraction of sp³-hybridized carbons (Fsp3) is 0.304. The highest BCUT2D eigenvalue weighted by Crippen LogP contribution is 2.29. The number of pyridine rings is 1. The Balaban J connectivity index is 0.000000261. The highest BCUT2D eigenvalue weighted by Gasteiger charge is 2.48. The molecule has 14 heteroatoms. The average molecular weight is 672 g/mol. The van der Waals surface area contributed by atoms with Gasteiger partial charge in [-0.25, -0.2) is 4.98 Å². The summed E-state index contributed by atoms with van der Waals surface area (Å²) in [5.41, 5.74) is -4.47. The van der Waals surface area contributed by atoms with Crippen molar-refractivity contribution >= 4 is 58.7 Å². The normalized spacial score (nSPS) is 11.7. The maximum Gasteiger partial charge on any atom is 0.534 e. The number of hydrogen-bond donors (Lipinski definition) is 1. The van der Waals surface area contributed by atoms with Gasteiger partial charge in [0.15, 0.2) is 0 Å². The second kappa shape index (κ2) is 14.0. The van der Waals surface area contributed by atoms with E-state index in [4.69, 9.17) is 9.47 Å². The molecule has 202 valence electrons. The lowest BCUT2D eigenvalue weighted by molar-refractivity contribution is -0.170. The van der Waals surface area contributed by atoms with Crippen LogP contribution in [0.3, 0.4) is 0 Å². The third kappa shape index (κ3) is 9.21. The second-order valence-corrected chi connectivity index (χ2v) is 10.3. The van der Waals surface area contributed by atoms with E-state index in [-0.39, 0.29) is 5.91 Å². The predicted octanol–water partition coefficient (Wildman–Crippen LogP) is 5.69. The average Bonchev–Trinajstić information content (AvgIpc) is 2.83. The fourth-order valence-corrected chi connectivity index (χ4v) is 4.05. The first-order valence-electron chi connectivity index (χ1n) is 10.7. The van der Waals surface area contributed by atoms with Crippen LogP contribution in [0.15, 0.2) is 63.7 Å². The van der Waals surface area contributed by atoms with E-state index in [0.29, 0.717) is 35.0 Å². The van der Waals surface area contributed by atoms with Crippen LogP contribution in [0.2, 0.25) is 0 Å². The highest BCUT2D eigenvalue weighted by atomic mass is 79.9. The van der Waals surface area contributed by atoms with Crippen molar-refractivity contribution in [3.05, 3.63) is 69.2 Å². The van der Waals surface area contributed by atoms with E-state index in [1.54, 1.807) is 18.2 Å². The number of carbonyl (C=O) groups excluding carboxylic acids is 1. The van der Waals surface area contributed by atoms with Crippen LogP contribution in [0.1, 0.15) is 19.4 Å². The summed E-state index contributed by atoms with van der Waals surface area (Å²) < 4.78 is 74.1. The number of amides is 1. The van der Waals surface area contributed by atoms with Crippen LogP contribution < -0.4 is 9.50 Å². The molecule has 0 saturated carbocycles. The smallest absolute Gasteiger partial charge is 0.355 e. The maximum absolute atomic E-state index is 12.1. The molecule has 0 radical (unpaired) electrons. The van der Waals surface area contributed by atoms with Gasteiger partial charge in [-0.2, -0.15) is 21.6 Å². The van der Waals surface area contributed by atoms with Crippen LogP contribution in [0, 0.1) is 0 Å². The number of alkyl halides is 3. The third-order valence-corrected chi connectivity index (χ3v) is 6.85. The molecule has 0 aliphatic carbocycles. The summed E-state index contributed by atoms with van der Waals surface area (Å²) in [6, 6.07) is 13.8. The number of aromatic nitrogens is 1. The maximum atomic E-state index is 12.1. The molecule has 2 aromatic carbocycles. The molecular formula is C23H23Br2F3N2O6S. The summed E-state index contributed by atoms with van der Waals surface area (Å²) in [5.74, 6) is -0.891. The molecule has 0 spiro atoms. The Hall–Kier alpha value is -2.26. The molecule has 0 saturated heterocycles. The predicted molar refractivity (Wildman–Crippen MR) is 138 cm³/mol. The molecule has 1 amide bonds. The molecule has 0 aliphatic rings. The third-order valence-electron chi connectivity index (χ3n) is 4.43. The van der Waals surface area contributed by atoms with E-state index in [1.165, 1.54) is 6.20 Å². The van der Waals surface area contributed by atoms with Crippen LogP contribution in [-0.4, -0.2) is 44.3 Å². The lowest BCUT2D eigenvalue weighted by atomic mass is 10.2. The van der Waals surface area contributed by atoms with Crippen LogP contribution in [0.4, 0.5) is 13.2 Å². The Morgan fingerprint density at radius 1 is 1.03 bits per heavy atom. The summed E-state index contributed by atoms with van der Waals surface area (Å²) in [4.78, 5) is 15.4. The molecule has 1 heterocycles. The topological polar surface area (TPSA) is 104 Å². The number of ether oxygens (including phenoxy) is 2. The van der Waals surface area contributed by atoms with Crippen molar-refractivity contribution in [3.8, 4) is 5.88 Å². The Morgan fingerprint density at radius 2 is 1.65 bits per heavy atom. The van der Waals surface area contributed by atoms with Crippen molar-refractivity contribution < 1.29 is 40.0 Å². The minimum Gasteiger partial charge on any atom is -0.355 e. The largest absolute Gasteiger partial charge is 0.534 e. The quantitative estimate of drug-likeness (QED) is 0.177. The summed E-state index contributed by atoms with van der Waals surface area (Å²) in [7, 11) is -5.70. The van der Waals surface area contributed by atoms with Crippen LogP contribution in [-0.2, 0) is 30.9 Å². The van der Waals surface area contributed by atoms with Gasteiger partial charge in [0, 0.05) is 46.4 Å². The van der Waals surface area contributed by atoms with Crippen LogP contribution in [0.25, 0.3) is 10.8 Å². The fourth-order valence-electron chi connectivity index (χ4n) is 2.73. The lowest BCUT2D eigenvalue weighted by Gasteiger charge is -2.16. The van der Waals surface area contributed by atoms with Gasteiger partial charge >= 0.3 is 15.6 Å². The van der Waals surface area contributed by atoms with Crippen molar-refractivity contribution in [2.24, 2.45) is 0 Å². The molecule has 3 rings (SSSR count). The zero-order chi connectivity index (χ0) is 27.6. The summed E-state index contributed by atoms with van der Waals surface area (Å²) in [6.45, 7) is 4.97.